The molecule has 0 saturated heterocycles. The second-order valence-electron chi connectivity index (χ2n) is 4.65. The van der Waals surface area contributed by atoms with Gasteiger partial charge in [0.05, 0.1) is 17.6 Å². The van der Waals surface area contributed by atoms with E-state index in [-0.39, 0.29) is 0 Å². The molecule has 2 aromatic rings. The minimum Gasteiger partial charge on any atom is -0.481 e. The van der Waals surface area contributed by atoms with Gasteiger partial charge in [-0.3, -0.25) is 4.79 Å². The Kier molecular flexibility index (Phi) is 4.52. The molecule has 0 bridgehead atoms. The maximum absolute atomic E-state index is 11.4. The van der Waals surface area contributed by atoms with E-state index in [4.69, 9.17) is 5.26 Å². The van der Waals surface area contributed by atoms with E-state index in [0.29, 0.717) is 12.0 Å². The molecular formula is C17H15NO2. The summed E-state index contributed by atoms with van der Waals surface area (Å²) in [5.41, 5.74) is 2.42. The first-order valence-electron chi connectivity index (χ1n) is 6.47. The highest BCUT2D eigenvalue weighted by molar-refractivity contribution is 5.76. The lowest BCUT2D eigenvalue weighted by molar-refractivity contribution is -0.138. The highest BCUT2D eigenvalue weighted by atomic mass is 16.4. The van der Waals surface area contributed by atoms with Crippen LogP contribution in [0.2, 0.25) is 0 Å². The molecule has 20 heavy (non-hydrogen) atoms. The number of carbonyl (C=O) groups is 1. The van der Waals surface area contributed by atoms with Gasteiger partial charge < -0.3 is 5.11 Å². The van der Waals surface area contributed by atoms with Crippen molar-refractivity contribution in [2.45, 2.75) is 18.8 Å². The Labute approximate surface area is 118 Å². The van der Waals surface area contributed by atoms with E-state index >= 15 is 0 Å². The summed E-state index contributed by atoms with van der Waals surface area (Å²) < 4.78 is 0. The topological polar surface area (TPSA) is 61.1 Å². The molecule has 3 heteroatoms. The molecule has 0 aromatic heterocycles. The quantitative estimate of drug-likeness (QED) is 0.901. The molecule has 2 rings (SSSR count). The molecule has 100 valence electrons. The number of aliphatic carboxylic acids is 1. The Bertz CT molecular complexity index is 612. The lowest BCUT2D eigenvalue weighted by Crippen LogP contribution is -2.12. The normalized spacial score (nSPS) is 11.6. The van der Waals surface area contributed by atoms with Crippen LogP contribution in [0.5, 0.6) is 0 Å². The van der Waals surface area contributed by atoms with E-state index in [2.05, 4.69) is 0 Å². The van der Waals surface area contributed by atoms with Crippen molar-refractivity contribution in [2.24, 2.45) is 0 Å². The first-order valence-corrected chi connectivity index (χ1v) is 6.47. The summed E-state index contributed by atoms with van der Waals surface area (Å²) >= 11 is 0. The van der Waals surface area contributed by atoms with Gasteiger partial charge in [-0.25, -0.2) is 0 Å². The molecule has 0 aliphatic rings. The Morgan fingerprint density at radius 1 is 1.10 bits per heavy atom. The van der Waals surface area contributed by atoms with Gasteiger partial charge in [-0.05, 0) is 36.1 Å². The number of aryl methyl sites for hydroxylation is 1. The van der Waals surface area contributed by atoms with Gasteiger partial charge in [-0.15, -0.1) is 0 Å². The third kappa shape index (κ3) is 3.46. The van der Waals surface area contributed by atoms with E-state index in [1.807, 2.05) is 36.4 Å². The highest BCUT2D eigenvalue weighted by Gasteiger charge is 2.19. The number of carboxylic acid groups (broad SMARTS) is 1. The molecule has 3 nitrogen and oxygen atoms in total. The molecule has 0 saturated carbocycles. The van der Waals surface area contributed by atoms with Crippen LogP contribution in [0.15, 0.2) is 54.6 Å². The number of nitrogens with zero attached hydrogens (tertiary/aromatic N) is 1. The first-order chi connectivity index (χ1) is 9.70. The van der Waals surface area contributed by atoms with Crippen molar-refractivity contribution in [3.8, 4) is 6.07 Å². The SMILES string of the molecule is N#Cc1ccc(C(CCc2ccccc2)C(=O)O)cc1. The van der Waals surface area contributed by atoms with Crippen LogP contribution in [-0.2, 0) is 11.2 Å². The van der Waals surface area contributed by atoms with Crippen molar-refractivity contribution < 1.29 is 9.90 Å². The zero-order valence-corrected chi connectivity index (χ0v) is 11.0. The van der Waals surface area contributed by atoms with Crippen LogP contribution in [0.25, 0.3) is 0 Å². The maximum atomic E-state index is 11.4. The lowest BCUT2D eigenvalue weighted by Gasteiger charge is -2.12. The fourth-order valence-corrected chi connectivity index (χ4v) is 2.18. The van der Waals surface area contributed by atoms with Gasteiger partial charge in [-0.2, -0.15) is 5.26 Å². The molecule has 0 aliphatic heterocycles. The van der Waals surface area contributed by atoms with Crippen LogP contribution < -0.4 is 0 Å². The molecule has 0 fully saturated rings. The molecular weight excluding hydrogens is 250 g/mol. The molecule has 0 heterocycles. The largest absolute Gasteiger partial charge is 0.481 e. The van der Waals surface area contributed by atoms with Gasteiger partial charge in [0.2, 0.25) is 0 Å². The van der Waals surface area contributed by atoms with Crippen molar-refractivity contribution in [1.82, 2.24) is 0 Å². The van der Waals surface area contributed by atoms with Crippen molar-refractivity contribution >= 4 is 5.97 Å². The van der Waals surface area contributed by atoms with Gasteiger partial charge in [0.1, 0.15) is 0 Å². The third-order valence-corrected chi connectivity index (χ3v) is 3.30. The van der Waals surface area contributed by atoms with E-state index in [0.717, 1.165) is 17.5 Å². The predicted molar refractivity (Wildman–Crippen MR) is 76.3 cm³/mol. The summed E-state index contributed by atoms with van der Waals surface area (Å²) in [5, 5.41) is 18.1. The molecule has 1 unspecified atom stereocenters. The third-order valence-electron chi connectivity index (χ3n) is 3.30. The lowest BCUT2D eigenvalue weighted by atomic mass is 9.92. The molecule has 0 spiro atoms. The number of carboxylic acids is 1. The van der Waals surface area contributed by atoms with Crippen molar-refractivity contribution in [3.63, 3.8) is 0 Å². The van der Waals surface area contributed by atoms with Crippen molar-refractivity contribution in [2.75, 3.05) is 0 Å². The fraction of sp³-hybridized carbons (Fsp3) is 0.176. The molecule has 0 aliphatic carbocycles. The van der Waals surface area contributed by atoms with Crippen LogP contribution in [0.1, 0.15) is 29.0 Å². The summed E-state index contributed by atoms with van der Waals surface area (Å²) in [4.78, 5) is 11.4. The first kappa shape index (κ1) is 13.8. The van der Waals surface area contributed by atoms with Gasteiger partial charge in [-0.1, -0.05) is 42.5 Å². The van der Waals surface area contributed by atoms with Gasteiger partial charge in [0.25, 0.3) is 0 Å². The minimum absolute atomic E-state index is 0.539. The number of nitriles is 1. The fourth-order valence-electron chi connectivity index (χ4n) is 2.18. The van der Waals surface area contributed by atoms with Crippen LogP contribution in [-0.4, -0.2) is 11.1 Å². The highest BCUT2D eigenvalue weighted by Crippen LogP contribution is 2.22. The molecule has 2 aromatic carbocycles. The van der Waals surface area contributed by atoms with Crippen LogP contribution in [0.3, 0.4) is 0 Å². The zero-order chi connectivity index (χ0) is 14.4. The Morgan fingerprint density at radius 2 is 1.75 bits per heavy atom. The number of hydrogen-bond acceptors (Lipinski definition) is 2. The van der Waals surface area contributed by atoms with E-state index < -0.39 is 11.9 Å². The summed E-state index contributed by atoms with van der Waals surface area (Å²) in [6.45, 7) is 0. The standard InChI is InChI=1S/C17H15NO2/c18-12-14-6-9-15(10-7-14)16(17(19)20)11-8-13-4-2-1-3-5-13/h1-7,9-10,16H,8,11H2,(H,19,20). The number of hydrogen-bond donors (Lipinski definition) is 1. The van der Waals surface area contributed by atoms with Crippen molar-refractivity contribution in [3.05, 3.63) is 71.3 Å². The summed E-state index contributed by atoms with van der Waals surface area (Å²) in [6.07, 6.45) is 1.27. The number of benzene rings is 2. The van der Waals surface area contributed by atoms with Gasteiger partial charge >= 0.3 is 5.97 Å². The number of rotatable bonds is 5. The molecule has 1 N–H and O–H groups in total. The molecule has 1 atom stereocenters. The second kappa shape index (κ2) is 6.53. The molecule has 0 amide bonds. The van der Waals surface area contributed by atoms with Gasteiger partial charge in [0, 0.05) is 0 Å². The summed E-state index contributed by atoms with van der Waals surface area (Å²) in [5.74, 6) is -1.37. The second-order valence-corrected chi connectivity index (χ2v) is 4.65. The Morgan fingerprint density at radius 3 is 2.30 bits per heavy atom. The Hall–Kier alpha value is -2.60. The average molecular weight is 265 g/mol. The zero-order valence-electron chi connectivity index (χ0n) is 11.0. The van der Waals surface area contributed by atoms with E-state index in [9.17, 15) is 9.90 Å². The smallest absolute Gasteiger partial charge is 0.310 e. The molecule has 0 radical (unpaired) electrons. The Balaban J connectivity index is 2.11. The van der Waals surface area contributed by atoms with E-state index in [1.165, 1.54) is 0 Å². The predicted octanol–water partition coefficient (Wildman–Crippen LogP) is 3.36. The monoisotopic (exact) mass is 265 g/mol. The maximum Gasteiger partial charge on any atom is 0.310 e. The van der Waals surface area contributed by atoms with Gasteiger partial charge in [0.15, 0.2) is 0 Å². The van der Waals surface area contributed by atoms with Crippen LogP contribution in [0, 0.1) is 11.3 Å². The van der Waals surface area contributed by atoms with Crippen LogP contribution in [0.4, 0.5) is 0 Å². The summed E-state index contributed by atoms with van der Waals surface area (Å²) in [6, 6.07) is 18.6. The van der Waals surface area contributed by atoms with Crippen molar-refractivity contribution in [1.29, 1.82) is 5.26 Å². The minimum atomic E-state index is -0.828. The average Bonchev–Trinajstić information content (AvgIpc) is 2.49. The summed E-state index contributed by atoms with van der Waals surface area (Å²) in [7, 11) is 0. The van der Waals surface area contributed by atoms with E-state index in [1.54, 1.807) is 24.3 Å². The van der Waals surface area contributed by atoms with Crippen LogP contribution >= 0.6 is 0 Å².